The van der Waals surface area contributed by atoms with Crippen LogP contribution in [0.1, 0.15) is 97.8 Å². The minimum atomic E-state index is -3.98. The molecule has 0 aliphatic heterocycles. The third kappa shape index (κ3) is 5.17. The first-order valence-corrected chi connectivity index (χ1v) is 8.85. The topological polar surface area (TPSA) is 0 Å². The fourth-order valence-electron chi connectivity index (χ4n) is 3.82. The molecule has 0 aromatic heterocycles. The van der Waals surface area contributed by atoms with Crippen molar-refractivity contribution in [2.24, 2.45) is 10.8 Å². The van der Waals surface area contributed by atoms with Crippen LogP contribution in [0, 0.1) is 10.8 Å². The van der Waals surface area contributed by atoms with Gasteiger partial charge < -0.3 is 0 Å². The molecule has 0 nitrogen and oxygen atoms in total. The van der Waals surface area contributed by atoms with E-state index in [4.69, 9.17) is 0 Å². The van der Waals surface area contributed by atoms with Crippen molar-refractivity contribution in [3.05, 3.63) is 0 Å². The minimum absolute atomic E-state index is 0.247. The Kier molecular flexibility index (Phi) is 7.06. The summed E-state index contributed by atoms with van der Waals surface area (Å²) >= 11 is 0. The van der Waals surface area contributed by atoms with E-state index in [-0.39, 0.29) is 6.42 Å². The van der Waals surface area contributed by atoms with Gasteiger partial charge in [0, 0.05) is 0 Å². The third-order valence-corrected chi connectivity index (χ3v) is 6.00. The number of alkyl halides is 3. The average molecular weight is 306 g/mol. The van der Waals surface area contributed by atoms with Gasteiger partial charge in [-0.05, 0) is 37.5 Å². The first-order chi connectivity index (χ1) is 9.79. The standard InChI is InChI=1S/C9H15F3.C9H18/c1-2-8(9(10,11)12)6-4-3-5-7-8;1-3-9(2)7-5-4-6-8-9/h2-7H2,1H3;3-8H2,1-2H3. The number of hydrogen-bond acceptors (Lipinski definition) is 0. The monoisotopic (exact) mass is 306 g/mol. The van der Waals surface area contributed by atoms with Crippen LogP contribution >= 0.6 is 0 Å². The van der Waals surface area contributed by atoms with Crippen molar-refractivity contribution in [2.75, 3.05) is 0 Å². The molecule has 0 atom stereocenters. The van der Waals surface area contributed by atoms with E-state index in [9.17, 15) is 13.2 Å². The highest BCUT2D eigenvalue weighted by Crippen LogP contribution is 2.51. The van der Waals surface area contributed by atoms with Crippen molar-refractivity contribution >= 4 is 0 Å². The van der Waals surface area contributed by atoms with Gasteiger partial charge in [0.1, 0.15) is 0 Å². The van der Waals surface area contributed by atoms with Gasteiger partial charge in [-0.2, -0.15) is 13.2 Å². The molecule has 0 N–H and O–H groups in total. The van der Waals surface area contributed by atoms with E-state index in [0.29, 0.717) is 12.8 Å². The van der Waals surface area contributed by atoms with Gasteiger partial charge in [0.05, 0.1) is 5.41 Å². The zero-order chi connectivity index (χ0) is 16.0. The molecule has 2 aliphatic rings. The zero-order valence-corrected chi connectivity index (χ0v) is 14.1. The first-order valence-electron chi connectivity index (χ1n) is 8.85. The molecule has 2 rings (SSSR count). The van der Waals surface area contributed by atoms with Crippen LogP contribution in [0.5, 0.6) is 0 Å². The first kappa shape index (κ1) is 18.8. The summed E-state index contributed by atoms with van der Waals surface area (Å²) in [5.74, 6) is 0. The molecule has 2 aliphatic carbocycles. The molecule has 0 radical (unpaired) electrons. The van der Waals surface area contributed by atoms with Gasteiger partial charge in [0.15, 0.2) is 0 Å². The lowest BCUT2D eigenvalue weighted by atomic mass is 9.72. The van der Waals surface area contributed by atoms with Gasteiger partial charge >= 0.3 is 6.18 Å². The average Bonchev–Trinajstić information content (AvgIpc) is 2.48. The van der Waals surface area contributed by atoms with E-state index in [1.54, 1.807) is 6.92 Å². The maximum absolute atomic E-state index is 12.6. The van der Waals surface area contributed by atoms with Crippen LogP contribution < -0.4 is 0 Å². The van der Waals surface area contributed by atoms with E-state index >= 15 is 0 Å². The second-order valence-corrected chi connectivity index (χ2v) is 7.42. The second kappa shape index (κ2) is 7.87. The van der Waals surface area contributed by atoms with Crippen LogP contribution in [-0.4, -0.2) is 6.18 Å². The Hall–Kier alpha value is -0.210. The van der Waals surface area contributed by atoms with E-state index in [0.717, 1.165) is 24.7 Å². The maximum atomic E-state index is 12.6. The summed E-state index contributed by atoms with van der Waals surface area (Å²) in [5, 5.41) is 0. The molecular weight excluding hydrogens is 273 g/mol. The van der Waals surface area contributed by atoms with E-state index in [2.05, 4.69) is 13.8 Å². The van der Waals surface area contributed by atoms with Crippen LogP contribution in [0.2, 0.25) is 0 Å². The van der Waals surface area contributed by atoms with Gasteiger partial charge in [0.2, 0.25) is 0 Å². The lowest BCUT2D eigenvalue weighted by Crippen LogP contribution is -2.39. The van der Waals surface area contributed by atoms with Crippen molar-refractivity contribution in [1.82, 2.24) is 0 Å². The molecule has 2 saturated carbocycles. The Morgan fingerprint density at radius 2 is 1.14 bits per heavy atom. The lowest BCUT2D eigenvalue weighted by molar-refractivity contribution is -0.235. The molecule has 3 heteroatoms. The largest absolute Gasteiger partial charge is 0.394 e. The highest BCUT2D eigenvalue weighted by atomic mass is 19.4. The summed E-state index contributed by atoms with van der Waals surface area (Å²) in [5.41, 5.74) is -0.622. The third-order valence-electron chi connectivity index (χ3n) is 6.00. The molecule has 0 aromatic rings. The lowest BCUT2D eigenvalue weighted by Gasteiger charge is -2.38. The summed E-state index contributed by atoms with van der Waals surface area (Å²) in [6.07, 6.45) is 8.17. The zero-order valence-electron chi connectivity index (χ0n) is 14.1. The summed E-state index contributed by atoms with van der Waals surface area (Å²) in [7, 11) is 0. The molecule has 0 amide bonds. The predicted octanol–water partition coefficient (Wildman–Crippen LogP) is 7.28. The van der Waals surface area contributed by atoms with Crippen molar-refractivity contribution < 1.29 is 13.2 Å². The van der Waals surface area contributed by atoms with Crippen molar-refractivity contribution in [2.45, 2.75) is 104 Å². The molecule has 0 heterocycles. The summed E-state index contributed by atoms with van der Waals surface area (Å²) < 4.78 is 37.8. The molecule has 2 fully saturated rings. The van der Waals surface area contributed by atoms with E-state index in [1.165, 1.54) is 38.5 Å². The fourth-order valence-corrected chi connectivity index (χ4v) is 3.82. The van der Waals surface area contributed by atoms with Gasteiger partial charge in [-0.1, -0.05) is 65.7 Å². The van der Waals surface area contributed by atoms with Crippen LogP contribution in [0.3, 0.4) is 0 Å². The van der Waals surface area contributed by atoms with Gasteiger partial charge in [-0.25, -0.2) is 0 Å². The SMILES string of the molecule is CCC1(C(F)(F)F)CCCCC1.CCC1(C)CCCCC1. The Labute approximate surface area is 128 Å². The number of halogens is 3. The summed E-state index contributed by atoms with van der Waals surface area (Å²) in [6, 6.07) is 0. The molecule has 21 heavy (non-hydrogen) atoms. The normalized spacial score (nSPS) is 24.9. The molecule has 126 valence electrons. The molecular formula is C18H33F3. The van der Waals surface area contributed by atoms with E-state index in [1.807, 2.05) is 0 Å². The summed E-state index contributed by atoms with van der Waals surface area (Å²) in [6.45, 7) is 6.41. The van der Waals surface area contributed by atoms with Crippen LogP contribution in [0.4, 0.5) is 13.2 Å². The van der Waals surface area contributed by atoms with Crippen LogP contribution in [0.25, 0.3) is 0 Å². The molecule has 0 spiro atoms. The molecule has 0 saturated heterocycles. The highest BCUT2D eigenvalue weighted by molar-refractivity contribution is 4.87. The predicted molar refractivity (Wildman–Crippen MR) is 83.3 cm³/mol. The highest BCUT2D eigenvalue weighted by Gasteiger charge is 2.52. The van der Waals surface area contributed by atoms with Crippen LogP contribution in [-0.2, 0) is 0 Å². The Morgan fingerprint density at radius 1 is 0.714 bits per heavy atom. The van der Waals surface area contributed by atoms with Crippen molar-refractivity contribution in [3.63, 3.8) is 0 Å². The second-order valence-electron chi connectivity index (χ2n) is 7.42. The van der Waals surface area contributed by atoms with Gasteiger partial charge in [-0.15, -0.1) is 0 Å². The molecule has 0 bridgehead atoms. The van der Waals surface area contributed by atoms with Gasteiger partial charge in [0.25, 0.3) is 0 Å². The fraction of sp³-hybridized carbons (Fsp3) is 1.00. The van der Waals surface area contributed by atoms with E-state index < -0.39 is 11.6 Å². The van der Waals surface area contributed by atoms with Gasteiger partial charge in [-0.3, -0.25) is 0 Å². The Bertz CT molecular complexity index is 281. The van der Waals surface area contributed by atoms with Crippen molar-refractivity contribution in [1.29, 1.82) is 0 Å². The molecule has 0 unspecified atom stereocenters. The quantitative estimate of drug-likeness (QED) is 0.503. The van der Waals surface area contributed by atoms with Crippen LogP contribution in [0.15, 0.2) is 0 Å². The maximum Gasteiger partial charge on any atom is 0.394 e. The minimum Gasteiger partial charge on any atom is -0.171 e. The smallest absolute Gasteiger partial charge is 0.171 e. The summed E-state index contributed by atoms with van der Waals surface area (Å²) in [4.78, 5) is 0. The Morgan fingerprint density at radius 3 is 1.38 bits per heavy atom. The number of rotatable bonds is 2. The van der Waals surface area contributed by atoms with Crippen molar-refractivity contribution in [3.8, 4) is 0 Å². The number of hydrogen-bond donors (Lipinski definition) is 0. The molecule has 0 aromatic carbocycles. The Balaban J connectivity index is 0.000000219.